The third kappa shape index (κ3) is 2.49. The Morgan fingerprint density at radius 3 is 2.85 bits per heavy atom. The van der Waals surface area contributed by atoms with Crippen molar-refractivity contribution < 1.29 is 9.53 Å². The van der Waals surface area contributed by atoms with Crippen LogP contribution in [0.15, 0.2) is 41.8 Å². The number of para-hydroxylation sites is 1. The van der Waals surface area contributed by atoms with E-state index in [0.29, 0.717) is 17.9 Å². The second kappa shape index (κ2) is 5.77. The van der Waals surface area contributed by atoms with Gasteiger partial charge in [0.1, 0.15) is 5.75 Å². The van der Waals surface area contributed by atoms with Crippen molar-refractivity contribution in [1.82, 2.24) is 0 Å². The second-order valence-electron chi connectivity index (χ2n) is 4.43. The Bertz CT molecular complexity index is 711. The standard InChI is InChI=1S/C16H14O2S2/c1-2-8-18-12-6-4-3-5-11(12)16(17)15-10-14-13(20-15)7-9-19-14/h3-7,9-10H,2,8H2,1H3. The molecule has 0 aliphatic carbocycles. The molecule has 0 aliphatic heterocycles. The highest BCUT2D eigenvalue weighted by Gasteiger charge is 2.17. The van der Waals surface area contributed by atoms with Crippen LogP contribution in [-0.4, -0.2) is 12.4 Å². The summed E-state index contributed by atoms with van der Waals surface area (Å²) in [5.41, 5.74) is 0.648. The summed E-state index contributed by atoms with van der Waals surface area (Å²) in [6, 6.07) is 11.5. The van der Waals surface area contributed by atoms with E-state index in [1.807, 2.05) is 35.7 Å². The van der Waals surface area contributed by atoms with Gasteiger partial charge in [-0.15, -0.1) is 22.7 Å². The van der Waals surface area contributed by atoms with E-state index >= 15 is 0 Å². The van der Waals surface area contributed by atoms with Gasteiger partial charge < -0.3 is 4.74 Å². The molecule has 0 atom stereocenters. The molecule has 0 unspecified atom stereocenters. The highest BCUT2D eigenvalue weighted by molar-refractivity contribution is 7.28. The fourth-order valence-electron chi connectivity index (χ4n) is 2.00. The maximum Gasteiger partial charge on any atom is 0.206 e. The molecular formula is C16H14O2S2. The van der Waals surface area contributed by atoms with Gasteiger partial charge in [-0.25, -0.2) is 0 Å². The van der Waals surface area contributed by atoms with E-state index in [1.54, 1.807) is 22.7 Å². The molecule has 0 spiro atoms. The van der Waals surface area contributed by atoms with Gasteiger partial charge in [0.2, 0.25) is 5.78 Å². The van der Waals surface area contributed by atoms with E-state index in [-0.39, 0.29) is 5.78 Å². The van der Waals surface area contributed by atoms with Gasteiger partial charge in [-0.1, -0.05) is 19.1 Å². The van der Waals surface area contributed by atoms with Crippen LogP contribution in [-0.2, 0) is 0 Å². The van der Waals surface area contributed by atoms with Gasteiger partial charge in [-0.05, 0) is 36.1 Å². The first-order valence-electron chi connectivity index (χ1n) is 6.53. The molecule has 0 saturated carbocycles. The molecule has 3 rings (SSSR count). The van der Waals surface area contributed by atoms with Crippen LogP contribution in [0.4, 0.5) is 0 Å². The molecule has 2 nitrogen and oxygen atoms in total. The Labute approximate surface area is 125 Å². The van der Waals surface area contributed by atoms with E-state index in [0.717, 1.165) is 11.3 Å². The van der Waals surface area contributed by atoms with Gasteiger partial charge in [-0.3, -0.25) is 4.79 Å². The molecule has 102 valence electrons. The summed E-state index contributed by atoms with van der Waals surface area (Å²) >= 11 is 3.21. The van der Waals surface area contributed by atoms with E-state index in [4.69, 9.17) is 4.74 Å². The Morgan fingerprint density at radius 1 is 1.20 bits per heavy atom. The zero-order chi connectivity index (χ0) is 13.9. The van der Waals surface area contributed by atoms with Gasteiger partial charge in [0.25, 0.3) is 0 Å². The van der Waals surface area contributed by atoms with Crippen LogP contribution < -0.4 is 4.74 Å². The fraction of sp³-hybridized carbons (Fsp3) is 0.188. The van der Waals surface area contributed by atoms with Gasteiger partial charge in [0, 0.05) is 9.40 Å². The Morgan fingerprint density at radius 2 is 2.05 bits per heavy atom. The van der Waals surface area contributed by atoms with Crippen LogP contribution in [0.25, 0.3) is 9.40 Å². The molecular weight excluding hydrogens is 288 g/mol. The number of rotatable bonds is 5. The Kier molecular flexibility index (Phi) is 3.85. The summed E-state index contributed by atoms with van der Waals surface area (Å²) in [6.45, 7) is 2.68. The lowest BCUT2D eigenvalue weighted by Crippen LogP contribution is -2.04. The molecule has 0 aliphatic rings. The van der Waals surface area contributed by atoms with Gasteiger partial charge in [0.15, 0.2) is 0 Å². The number of benzene rings is 1. The minimum atomic E-state index is 0.0464. The van der Waals surface area contributed by atoms with Crippen LogP contribution >= 0.6 is 22.7 Å². The van der Waals surface area contributed by atoms with Crippen molar-refractivity contribution >= 4 is 37.9 Å². The third-order valence-electron chi connectivity index (χ3n) is 2.96. The molecule has 0 saturated heterocycles. The van der Waals surface area contributed by atoms with Crippen molar-refractivity contribution in [2.45, 2.75) is 13.3 Å². The molecule has 1 aromatic carbocycles. The SMILES string of the molecule is CCCOc1ccccc1C(=O)c1cc2sccc2s1. The smallest absolute Gasteiger partial charge is 0.206 e. The number of thiophene rings is 2. The number of hydrogen-bond donors (Lipinski definition) is 0. The van der Waals surface area contributed by atoms with Crippen LogP contribution in [0.5, 0.6) is 5.75 Å². The zero-order valence-electron chi connectivity index (χ0n) is 11.1. The summed E-state index contributed by atoms with van der Waals surface area (Å²) in [7, 11) is 0. The molecule has 0 radical (unpaired) electrons. The lowest BCUT2D eigenvalue weighted by atomic mass is 10.1. The number of ketones is 1. The summed E-state index contributed by atoms with van der Waals surface area (Å²) in [5.74, 6) is 0.723. The largest absolute Gasteiger partial charge is 0.493 e. The highest BCUT2D eigenvalue weighted by Crippen LogP contribution is 2.32. The first kappa shape index (κ1) is 13.3. The average molecular weight is 302 g/mol. The van der Waals surface area contributed by atoms with Crippen molar-refractivity contribution in [3.8, 4) is 5.75 Å². The van der Waals surface area contributed by atoms with Crippen LogP contribution in [0.1, 0.15) is 28.6 Å². The molecule has 3 aromatic rings. The highest BCUT2D eigenvalue weighted by atomic mass is 32.1. The number of carbonyl (C=O) groups is 1. The molecule has 2 heterocycles. The van der Waals surface area contributed by atoms with Crippen molar-refractivity contribution in [3.05, 3.63) is 52.2 Å². The van der Waals surface area contributed by atoms with Crippen molar-refractivity contribution in [2.24, 2.45) is 0 Å². The minimum Gasteiger partial charge on any atom is -0.493 e. The first-order valence-corrected chi connectivity index (χ1v) is 8.22. The van der Waals surface area contributed by atoms with Gasteiger partial charge in [0.05, 0.1) is 17.0 Å². The average Bonchev–Trinajstić information content (AvgIpc) is 3.06. The topological polar surface area (TPSA) is 26.3 Å². The predicted molar refractivity (Wildman–Crippen MR) is 85.4 cm³/mol. The number of ether oxygens (including phenoxy) is 1. The number of hydrogen-bond acceptors (Lipinski definition) is 4. The maximum atomic E-state index is 12.6. The van der Waals surface area contributed by atoms with Crippen LogP contribution in [0, 0.1) is 0 Å². The Hall–Kier alpha value is -1.65. The molecule has 2 aromatic heterocycles. The van der Waals surface area contributed by atoms with Crippen LogP contribution in [0.2, 0.25) is 0 Å². The van der Waals surface area contributed by atoms with Crippen molar-refractivity contribution in [2.75, 3.05) is 6.61 Å². The second-order valence-corrected chi connectivity index (χ2v) is 6.46. The van der Waals surface area contributed by atoms with Crippen molar-refractivity contribution in [3.63, 3.8) is 0 Å². The summed E-state index contributed by atoms with van der Waals surface area (Å²) in [5, 5.41) is 2.05. The third-order valence-corrected chi connectivity index (χ3v) is 5.05. The maximum absolute atomic E-state index is 12.6. The molecule has 0 bridgehead atoms. The van der Waals surface area contributed by atoms with Gasteiger partial charge in [-0.2, -0.15) is 0 Å². The molecule has 20 heavy (non-hydrogen) atoms. The van der Waals surface area contributed by atoms with Gasteiger partial charge >= 0.3 is 0 Å². The summed E-state index contributed by atoms with van der Waals surface area (Å²) < 4.78 is 8.01. The predicted octanol–water partition coefficient (Wildman–Crippen LogP) is 4.98. The summed E-state index contributed by atoms with van der Waals surface area (Å²) in [4.78, 5) is 13.4. The first-order chi connectivity index (χ1) is 9.79. The normalized spacial score (nSPS) is 10.8. The number of carbonyl (C=O) groups excluding carboxylic acids is 1. The minimum absolute atomic E-state index is 0.0464. The monoisotopic (exact) mass is 302 g/mol. The molecule has 0 N–H and O–H groups in total. The van der Waals surface area contributed by atoms with Crippen LogP contribution in [0.3, 0.4) is 0 Å². The molecule has 0 fully saturated rings. The quantitative estimate of drug-likeness (QED) is 0.621. The van der Waals surface area contributed by atoms with E-state index in [2.05, 4.69) is 13.0 Å². The summed E-state index contributed by atoms with van der Waals surface area (Å²) in [6.07, 6.45) is 0.928. The lowest BCUT2D eigenvalue weighted by Gasteiger charge is -2.08. The molecule has 4 heteroatoms. The molecule has 0 amide bonds. The lowest BCUT2D eigenvalue weighted by molar-refractivity contribution is 0.103. The number of fused-ring (bicyclic) bond motifs is 1. The fourth-order valence-corrected chi connectivity index (χ4v) is 4.07. The van der Waals surface area contributed by atoms with Crippen molar-refractivity contribution in [1.29, 1.82) is 0 Å². The van der Waals surface area contributed by atoms with E-state index in [9.17, 15) is 4.79 Å². The van der Waals surface area contributed by atoms with E-state index < -0.39 is 0 Å². The zero-order valence-corrected chi connectivity index (χ0v) is 12.7. The Balaban J connectivity index is 1.95. The van der Waals surface area contributed by atoms with E-state index in [1.165, 1.54) is 9.40 Å².